The summed E-state index contributed by atoms with van der Waals surface area (Å²) in [6.45, 7) is 3.96. The average Bonchev–Trinajstić information content (AvgIpc) is 3.25. The van der Waals surface area contributed by atoms with Crippen LogP contribution in [-0.4, -0.2) is 19.9 Å². The molecule has 0 unspecified atom stereocenters. The van der Waals surface area contributed by atoms with Crippen molar-refractivity contribution in [3.05, 3.63) is 45.8 Å². The van der Waals surface area contributed by atoms with Crippen molar-refractivity contribution in [1.29, 1.82) is 0 Å². The van der Waals surface area contributed by atoms with Gasteiger partial charge in [0.15, 0.2) is 11.0 Å². The lowest BCUT2D eigenvalue weighted by Crippen LogP contribution is -2.15. The van der Waals surface area contributed by atoms with Gasteiger partial charge in [-0.1, -0.05) is 64.2 Å². The molecule has 1 aromatic carbocycles. The summed E-state index contributed by atoms with van der Waals surface area (Å²) in [5, 5.41) is 14.2. The van der Waals surface area contributed by atoms with E-state index in [9.17, 15) is 0 Å². The first-order chi connectivity index (χ1) is 13.1. The van der Waals surface area contributed by atoms with Crippen LogP contribution in [0.1, 0.15) is 55.2 Å². The van der Waals surface area contributed by atoms with Gasteiger partial charge in [0.25, 0.3) is 0 Å². The van der Waals surface area contributed by atoms with Gasteiger partial charge in [-0.25, -0.2) is 0 Å². The van der Waals surface area contributed by atoms with Gasteiger partial charge in [-0.15, -0.1) is 10.2 Å². The largest absolute Gasteiger partial charge is 0.361 e. The first-order valence-corrected chi connectivity index (χ1v) is 11.2. The highest BCUT2D eigenvalue weighted by Gasteiger charge is 2.24. The molecule has 0 aliphatic heterocycles. The third-order valence-corrected chi connectivity index (χ3v) is 6.73. The standard InChI is InChI=1S/C20H23BrN4OS/c1-13-18(14(2)26-24-13)12-27-20-23-22-19(15-8-10-16(21)11-9-15)25(20)17-6-4-3-5-7-17/h8-11,17H,3-7,12H2,1-2H3. The van der Waals surface area contributed by atoms with Crippen LogP contribution in [0, 0.1) is 13.8 Å². The van der Waals surface area contributed by atoms with Gasteiger partial charge in [0.05, 0.1) is 5.69 Å². The molecule has 1 aliphatic rings. The zero-order chi connectivity index (χ0) is 18.8. The summed E-state index contributed by atoms with van der Waals surface area (Å²) in [5.41, 5.74) is 3.22. The summed E-state index contributed by atoms with van der Waals surface area (Å²) >= 11 is 5.24. The van der Waals surface area contributed by atoms with Crippen molar-refractivity contribution in [3.63, 3.8) is 0 Å². The molecule has 1 aliphatic carbocycles. The Labute approximate surface area is 172 Å². The van der Waals surface area contributed by atoms with Gasteiger partial charge in [-0.3, -0.25) is 4.57 Å². The first-order valence-electron chi connectivity index (χ1n) is 9.39. The molecule has 3 aromatic rings. The fourth-order valence-electron chi connectivity index (χ4n) is 3.68. The molecule has 1 saturated carbocycles. The van der Waals surface area contributed by atoms with E-state index in [2.05, 4.69) is 60.1 Å². The molecule has 142 valence electrons. The smallest absolute Gasteiger partial charge is 0.192 e. The van der Waals surface area contributed by atoms with Crippen molar-refractivity contribution in [3.8, 4) is 11.4 Å². The SMILES string of the molecule is Cc1noc(C)c1CSc1nnc(-c2ccc(Br)cc2)n1C1CCCCC1. The number of aromatic nitrogens is 4. The van der Waals surface area contributed by atoms with Crippen molar-refractivity contribution in [2.24, 2.45) is 0 Å². The molecular weight excluding hydrogens is 424 g/mol. The van der Waals surface area contributed by atoms with E-state index >= 15 is 0 Å². The maximum Gasteiger partial charge on any atom is 0.192 e. The van der Waals surface area contributed by atoms with Crippen molar-refractivity contribution in [1.82, 2.24) is 19.9 Å². The van der Waals surface area contributed by atoms with Crippen LogP contribution in [0.4, 0.5) is 0 Å². The summed E-state index contributed by atoms with van der Waals surface area (Å²) in [6, 6.07) is 8.81. The Morgan fingerprint density at radius 1 is 1.11 bits per heavy atom. The Balaban J connectivity index is 1.67. The molecule has 4 rings (SSSR count). The van der Waals surface area contributed by atoms with E-state index in [1.807, 2.05) is 13.8 Å². The highest BCUT2D eigenvalue weighted by molar-refractivity contribution is 9.10. The van der Waals surface area contributed by atoms with Gasteiger partial charge in [0, 0.05) is 27.4 Å². The van der Waals surface area contributed by atoms with Crippen molar-refractivity contribution in [2.45, 2.75) is 62.9 Å². The van der Waals surface area contributed by atoms with Crippen LogP contribution in [0.3, 0.4) is 0 Å². The number of rotatable bonds is 5. The predicted molar refractivity (Wildman–Crippen MR) is 111 cm³/mol. The van der Waals surface area contributed by atoms with Gasteiger partial charge in [0.1, 0.15) is 5.76 Å². The average molecular weight is 447 g/mol. The highest BCUT2D eigenvalue weighted by atomic mass is 79.9. The molecule has 1 fully saturated rings. The molecule has 0 spiro atoms. The second-order valence-corrected chi connectivity index (χ2v) is 8.92. The monoisotopic (exact) mass is 446 g/mol. The van der Waals surface area contributed by atoms with Crippen LogP contribution in [0.2, 0.25) is 0 Å². The predicted octanol–water partition coefficient (Wildman–Crippen LogP) is 6.11. The molecule has 0 N–H and O–H groups in total. The fourth-order valence-corrected chi connectivity index (χ4v) is 5.11. The Morgan fingerprint density at radius 2 is 1.85 bits per heavy atom. The van der Waals surface area contributed by atoms with Crippen LogP contribution in [0.25, 0.3) is 11.4 Å². The van der Waals surface area contributed by atoms with E-state index in [0.29, 0.717) is 6.04 Å². The minimum atomic E-state index is 0.472. The summed E-state index contributed by atoms with van der Waals surface area (Å²) < 4.78 is 8.74. The maximum atomic E-state index is 5.31. The molecular formula is C20H23BrN4OS. The Hall–Kier alpha value is -1.60. The third-order valence-electron chi connectivity index (χ3n) is 5.23. The molecule has 2 heterocycles. The van der Waals surface area contributed by atoms with Crippen LogP contribution >= 0.6 is 27.7 Å². The Kier molecular flexibility index (Phi) is 5.68. The van der Waals surface area contributed by atoms with Gasteiger partial charge in [-0.2, -0.15) is 0 Å². The highest BCUT2D eigenvalue weighted by Crippen LogP contribution is 2.37. The van der Waals surface area contributed by atoms with Crippen molar-refractivity contribution < 1.29 is 4.52 Å². The lowest BCUT2D eigenvalue weighted by atomic mass is 9.95. The minimum Gasteiger partial charge on any atom is -0.361 e. The van der Waals surface area contributed by atoms with Crippen LogP contribution in [0.5, 0.6) is 0 Å². The number of thioether (sulfide) groups is 1. The van der Waals surface area contributed by atoms with E-state index in [1.165, 1.54) is 32.1 Å². The summed E-state index contributed by atoms with van der Waals surface area (Å²) in [7, 11) is 0. The van der Waals surface area contributed by atoms with E-state index in [0.717, 1.165) is 43.8 Å². The quantitative estimate of drug-likeness (QED) is 0.442. The van der Waals surface area contributed by atoms with Crippen LogP contribution in [0.15, 0.2) is 38.4 Å². The van der Waals surface area contributed by atoms with Crippen molar-refractivity contribution in [2.75, 3.05) is 0 Å². The minimum absolute atomic E-state index is 0.472. The lowest BCUT2D eigenvalue weighted by Gasteiger charge is -2.25. The molecule has 0 bridgehead atoms. The number of aryl methyl sites for hydroxylation is 2. The first kappa shape index (κ1) is 18.7. The van der Waals surface area contributed by atoms with Gasteiger partial charge in [-0.05, 0) is 38.8 Å². The number of benzene rings is 1. The van der Waals surface area contributed by atoms with E-state index in [1.54, 1.807) is 11.8 Å². The number of hydrogen-bond acceptors (Lipinski definition) is 5. The third kappa shape index (κ3) is 3.99. The van der Waals surface area contributed by atoms with Gasteiger partial charge >= 0.3 is 0 Å². The van der Waals surface area contributed by atoms with Crippen LogP contribution < -0.4 is 0 Å². The Morgan fingerprint density at radius 3 is 2.52 bits per heavy atom. The number of hydrogen-bond donors (Lipinski definition) is 0. The molecule has 0 amide bonds. The summed E-state index contributed by atoms with van der Waals surface area (Å²) in [5.74, 6) is 2.65. The normalized spacial score (nSPS) is 15.4. The maximum absolute atomic E-state index is 5.31. The van der Waals surface area contributed by atoms with E-state index in [-0.39, 0.29) is 0 Å². The molecule has 27 heavy (non-hydrogen) atoms. The molecule has 0 radical (unpaired) electrons. The summed E-state index contributed by atoms with van der Waals surface area (Å²) in [6.07, 6.45) is 6.27. The number of halogens is 1. The van der Waals surface area contributed by atoms with Gasteiger partial charge < -0.3 is 4.52 Å². The second kappa shape index (κ2) is 8.19. The van der Waals surface area contributed by atoms with Crippen LogP contribution in [-0.2, 0) is 5.75 Å². The zero-order valence-corrected chi connectivity index (χ0v) is 18.0. The Bertz CT molecular complexity index is 893. The molecule has 5 nitrogen and oxygen atoms in total. The zero-order valence-electron chi connectivity index (χ0n) is 15.6. The molecule has 7 heteroatoms. The summed E-state index contributed by atoms with van der Waals surface area (Å²) in [4.78, 5) is 0. The van der Waals surface area contributed by atoms with Crippen molar-refractivity contribution >= 4 is 27.7 Å². The molecule has 2 aromatic heterocycles. The fraction of sp³-hybridized carbons (Fsp3) is 0.450. The topological polar surface area (TPSA) is 56.7 Å². The molecule has 0 saturated heterocycles. The molecule has 0 atom stereocenters. The number of nitrogens with zero attached hydrogens (tertiary/aromatic N) is 4. The van der Waals surface area contributed by atoms with Gasteiger partial charge in [0.2, 0.25) is 0 Å². The lowest BCUT2D eigenvalue weighted by molar-refractivity contribution is 0.339. The second-order valence-electron chi connectivity index (χ2n) is 7.07. The van der Waals surface area contributed by atoms with E-state index < -0.39 is 0 Å². The van der Waals surface area contributed by atoms with E-state index in [4.69, 9.17) is 4.52 Å².